The van der Waals surface area contributed by atoms with Crippen LogP contribution in [0.2, 0.25) is 0 Å². The van der Waals surface area contributed by atoms with Crippen LogP contribution in [0.3, 0.4) is 0 Å². The first-order valence-corrected chi connectivity index (χ1v) is 16.6. The van der Waals surface area contributed by atoms with Crippen LogP contribution in [-0.2, 0) is 14.4 Å². The van der Waals surface area contributed by atoms with Gasteiger partial charge < -0.3 is 44.5 Å². The topological polar surface area (TPSA) is 156 Å². The Morgan fingerprint density at radius 2 is 1.62 bits per heavy atom. The van der Waals surface area contributed by atoms with E-state index in [0.717, 1.165) is 18.4 Å². The van der Waals surface area contributed by atoms with Crippen molar-refractivity contribution in [1.82, 2.24) is 9.80 Å². The molecule has 0 saturated carbocycles. The minimum Gasteiger partial charge on any atom is -0.493 e. The molecule has 2 saturated heterocycles. The van der Waals surface area contributed by atoms with Gasteiger partial charge in [-0.05, 0) is 54.7 Å². The molecule has 3 heterocycles. The molecule has 2 aromatic carbocycles. The Kier molecular flexibility index (Phi) is 11.6. The van der Waals surface area contributed by atoms with Crippen LogP contribution in [0, 0.1) is 17.8 Å². The first-order valence-electron chi connectivity index (χ1n) is 16.6. The fourth-order valence-corrected chi connectivity index (χ4v) is 7.20. The van der Waals surface area contributed by atoms with Crippen molar-refractivity contribution in [2.24, 2.45) is 10.8 Å². The third-order valence-corrected chi connectivity index (χ3v) is 9.33. The molecule has 2 fully saturated rings. The Morgan fingerprint density at radius 1 is 1.00 bits per heavy atom. The zero-order chi connectivity index (χ0) is 35.7. The maximum absolute atomic E-state index is 13.3. The summed E-state index contributed by atoms with van der Waals surface area (Å²) in [4.78, 5) is 53.5. The molecule has 0 aliphatic carbocycles. The summed E-state index contributed by atoms with van der Waals surface area (Å²) in [5, 5.41) is 15.9. The van der Waals surface area contributed by atoms with Gasteiger partial charge in [0, 0.05) is 37.3 Å². The van der Waals surface area contributed by atoms with Crippen molar-refractivity contribution in [2.75, 3.05) is 51.2 Å². The van der Waals surface area contributed by atoms with E-state index in [1.807, 2.05) is 13.0 Å². The van der Waals surface area contributed by atoms with Gasteiger partial charge in [-0.15, -0.1) is 0 Å². The molecule has 0 bridgehead atoms. The third kappa shape index (κ3) is 8.26. The summed E-state index contributed by atoms with van der Waals surface area (Å²) in [6.07, 6.45) is 2.28. The minimum atomic E-state index is -0.745. The molecular formula is C37H52N4O9. The summed E-state index contributed by atoms with van der Waals surface area (Å²) in [6, 6.07) is 5.55. The number of hydrogen-bond acceptors (Lipinski definition) is 9. The number of fused-ring (bicyclic) bond motifs is 2. The molecule has 13 nitrogen and oxygen atoms in total. The number of aliphatic hydroxyl groups is 1. The minimum absolute atomic E-state index is 0. The molecule has 3 atom stereocenters. The van der Waals surface area contributed by atoms with E-state index in [-0.39, 0.29) is 54.5 Å². The van der Waals surface area contributed by atoms with E-state index in [9.17, 15) is 24.3 Å². The SMILES string of the molecule is C.COc1cc(C)c(NC(=O)C2CCCN2C=O)cc1OCC(C)(C)CC(C)(C)COc1cc2c(cc1OC)C(=O)N1CC(O)CC1C(=O)N2. The number of likely N-dealkylation sites (tertiary alicyclic amines) is 1. The maximum atomic E-state index is 13.3. The lowest BCUT2D eigenvalue weighted by atomic mass is 9.76. The summed E-state index contributed by atoms with van der Waals surface area (Å²) in [7, 11) is 3.06. The summed E-state index contributed by atoms with van der Waals surface area (Å²) in [5.41, 5.74) is 1.36. The van der Waals surface area contributed by atoms with E-state index in [2.05, 4.69) is 38.3 Å². The molecule has 3 aliphatic heterocycles. The van der Waals surface area contributed by atoms with Crippen LogP contribution in [0.5, 0.6) is 23.0 Å². The van der Waals surface area contributed by atoms with Crippen LogP contribution in [0.15, 0.2) is 24.3 Å². The smallest absolute Gasteiger partial charge is 0.256 e. The number of methoxy groups -OCH3 is 2. The summed E-state index contributed by atoms with van der Waals surface area (Å²) < 4.78 is 23.8. The lowest BCUT2D eigenvalue weighted by molar-refractivity contribution is -0.127. The van der Waals surface area contributed by atoms with Crippen molar-refractivity contribution >= 4 is 35.5 Å². The van der Waals surface area contributed by atoms with E-state index in [0.29, 0.717) is 67.0 Å². The van der Waals surface area contributed by atoms with Crippen molar-refractivity contribution in [1.29, 1.82) is 0 Å². The number of rotatable bonds is 13. The lowest BCUT2D eigenvalue weighted by Gasteiger charge is -2.35. The van der Waals surface area contributed by atoms with Gasteiger partial charge in [-0.1, -0.05) is 35.1 Å². The lowest BCUT2D eigenvalue weighted by Crippen LogP contribution is -2.40. The van der Waals surface area contributed by atoms with Crippen molar-refractivity contribution in [3.8, 4) is 23.0 Å². The fourth-order valence-electron chi connectivity index (χ4n) is 7.20. The number of aryl methyl sites for hydroxylation is 1. The number of benzene rings is 2. The fraction of sp³-hybridized carbons (Fsp3) is 0.568. The standard InChI is InChI=1S/C36H48N4O9.CH4/c1-21-11-28(46-6)30(14-24(21)37-32(43)26-9-8-10-39(26)20-41)48-18-35(2,3)17-36(4,5)19-49-31-15-25-23(13-29(31)47-7)34(45)40-16-22(42)12-27(40)33(44)38-25;/h11,13-15,20,22,26-27,42H,8-10,12,16-19H2,1-7H3,(H,37,43)(H,38,44);1H4. The molecule has 50 heavy (non-hydrogen) atoms. The average molecular weight is 697 g/mol. The first kappa shape index (κ1) is 38.3. The molecule has 0 aromatic heterocycles. The van der Waals surface area contributed by atoms with Gasteiger partial charge in [-0.3, -0.25) is 19.2 Å². The molecule has 0 spiro atoms. The predicted molar refractivity (Wildman–Crippen MR) is 189 cm³/mol. The Balaban J connectivity index is 0.00000562. The monoisotopic (exact) mass is 696 g/mol. The number of aliphatic hydroxyl groups excluding tert-OH is 1. The second kappa shape index (κ2) is 15.2. The second-order valence-corrected chi connectivity index (χ2v) is 14.8. The zero-order valence-electron chi connectivity index (χ0n) is 29.4. The van der Waals surface area contributed by atoms with Gasteiger partial charge in [0.2, 0.25) is 18.2 Å². The van der Waals surface area contributed by atoms with Gasteiger partial charge in [0.25, 0.3) is 5.91 Å². The van der Waals surface area contributed by atoms with Crippen LogP contribution in [0.25, 0.3) is 0 Å². The van der Waals surface area contributed by atoms with Crippen LogP contribution in [-0.4, -0.2) is 97.7 Å². The number of hydrogen-bond donors (Lipinski definition) is 3. The first-order chi connectivity index (χ1) is 23.1. The van der Waals surface area contributed by atoms with E-state index < -0.39 is 18.2 Å². The quantitative estimate of drug-likeness (QED) is 0.254. The van der Waals surface area contributed by atoms with Crippen LogP contribution >= 0.6 is 0 Å². The molecule has 2 aromatic rings. The zero-order valence-corrected chi connectivity index (χ0v) is 29.4. The van der Waals surface area contributed by atoms with Crippen LogP contribution in [0.4, 0.5) is 11.4 Å². The summed E-state index contributed by atoms with van der Waals surface area (Å²) in [6.45, 7) is 11.5. The molecule has 274 valence electrons. The molecule has 13 heteroatoms. The van der Waals surface area contributed by atoms with Crippen molar-refractivity contribution in [2.45, 2.75) is 85.9 Å². The third-order valence-electron chi connectivity index (χ3n) is 9.33. The number of carbonyl (C=O) groups excluding carboxylic acids is 4. The maximum Gasteiger partial charge on any atom is 0.256 e. The highest BCUT2D eigenvalue weighted by Crippen LogP contribution is 2.41. The Bertz CT molecular complexity index is 1610. The number of carbonyl (C=O) groups is 4. The molecular weight excluding hydrogens is 644 g/mol. The van der Waals surface area contributed by atoms with Gasteiger partial charge in [-0.25, -0.2) is 0 Å². The normalized spacial score (nSPS) is 20.2. The highest BCUT2D eigenvalue weighted by atomic mass is 16.5. The number of nitrogens with zero attached hydrogens (tertiary/aromatic N) is 2. The highest BCUT2D eigenvalue weighted by molar-refractivity contribution is 6.10. The van der Waals surface area contributed by atoms with E-state index in [1.165, 1.54) is 16.9 Å². The van der Waals surface area contributed by atoms with Crippen molar-refractivity contribution in [3.05, 3.63) is 35.4 Å². The Hall–Kier alpha value is -4.52. The van der Waals surface area contributed by atoms with Gasteiger partial charge >= 0.3 is 0 Å². The highest BCUT2D eigenvalue weighted by Gasteiger charge is 2.43. The van der Waals surface area contributed by atoms with Gasteiger partial charge in [0.05, 0.1) is 44.8 Å². The number of amides is 4. The van der Waals surface area contributed by atoms with Gasteiger partial charge in [0.1, 0.15) is 12.1 Å². The molecule has 5 rings (SSSR count). The van der Waals surface area contributed by atoms with E-state index >= 15 is 0 Å². The second-order valence-electron chi connectivity index (χ2n) is 14.8. The van der Waals surface area contributed by atoms with E-state index in [1.54, 1.807) is 25.3 Å². The molecule has 3 unspecified atom stereocenters. The van der Waals surface area contributed by atoms with Crippen molar-refractivity contribution in [3.63, 3.8) is 0 Å². The van der Waals surface area contributed by atoms with Gasteiger partial charge in [0.15, 0.2) is 23.0 Å². The van der Waals surface area contributed by atoms with Crippen LogP contribution < -0.4 is 29.6 Å². The van der Waals surface area contributed by atoms with Gasteiger partial charge in [-0.2, -0.15) is 0 Å². The molecule has 4 amide bonds. The summed E-state index contributed by atoms with van der Waals surface area (Å²) >= 11 is 0. The largest absolute Gasteiger partial charge is 0.493 e. The van der Waals surface area contributed by atoms with Crippen molar-refractivity contribution < 1.29 is 43.2 Å². The Labute approximate surface area is 294 Å². The number of anilines is 2. The van der Waals surface area contributed by atoms with Crippen LogP contribution in [0.1, 0.15) is 76.7 Å². The Morgan fingerprint density at radius 3 is 2.24 bits per heavy atom. The van der Waals surface area contributed by atoms with E-state index in [4.69, 9.17) is 18.9 Å². The number of ether oxygens (including phenoxy) is 4. The molecule has 0 radical (unpaired) electrons. The molecule has 3 N–H and O–H groups in total. The average Bonchev–Trinajstić information content (AvgIpc) is 3.68. The predicted octanol–water partition coefficient (Wildman–Crippen LogP) is 4.64. The summed E-state index contributed by atoms with van der Waals surface area (Å²) in [5.74, 6) is 0.865. The molecule has 3 aliphatic rings. The number of nitrogens with one attached hydrogen (secondary N) is 2.